The normalized spacial score (nSPS) is 15.5. The van der Waals surface area contributed by atoms with Crippen LogP contribution in [-0.4, -0.2) is 19.6 Å². The van der Waals surface area contributed by atoms with E-state index in [1.54, 1.807) is 6.07 Å². The third-order valence-corrected chi connectivity index (χ3v) is 5.33. The first-order chi connectivity index (χ1) is 10.0. The molecule has 0 aromatic carbocycles. The summed E-state index contributed by atoms with van der Waals surface area (Å²) in [7, 11) is -3.67. The Kier molecular flexibility index (Phi) is 4.16. The molecule has 1 aliphatic rings. The number of hydrogen-bond donors (Lipinski definition) is 2. The molecule has 114 valence electrons. The van der Waals surface area contributed by atoms with E-state index < -0.39 is 10.0 Å². The maximum Gasteiger partial charge on any atom is 0.245 e. The van der Waals surface area contributed by atoms with Crippen molar-refractivity contribution in [3.8, 4) is 0 Å². The first-order valence-corrected chi connectivity index (χ1v) is 8.73. The van der Waals surface area contributed by atoms with Gasteiger partial charge in [0.2, 0.25) is 10.0 Å². The van der Waals surface area contributed by atoms with Crippen LogP contribution in [0.1, 0.15) is 24.3 Å². The first-order valence-electron chi connectivity index (χ1n) is 6.45. The van der Waals surface area contributed by atoms with Gasteiger partial charge in [-0.3, -0.25) is 0 Å². The molecule has 7 nitrogen and oxygen atoms in total. The lowest BCUT2D eigenvalue weighted by Crippen LogP contribution is -2.23. The summed E-state index contributed by atoms with van der Waals surface area (Å²) < 4.78 is 37.2. The van der Waals surface area contributed by atoms with E-state index in [2.05, 4.69) is 35.6 Å². The van der Waals surface area contributed by atoms with Crippen LogP contribution in [0, 0.1) is 0 Å². The number of rotatable bonds is 7. The quantitative estimate of drug-likeness (QED) is 0.764. The number of nitrogens with zero attached hydrogens (tertiary/aromatic N) is 1. The van der Waals surface area contributed by atoms with Crippen LogP contribution >= 0.6 is 15.9 Å². The molecule has 0 bridgehead atoms. The van der Waals surface area contributed by atoms with Crippen LogP contribution in [0.25, 0.3) is 0 Å². The minimum absolute atomic E-state index is 0.0616. The average molecular weight is 376 g/mol. The van der Waals surface area contributed by atoms with Crippen LogP contribution in [-0.2, 0) is 23.1 Å². The van der Waals surface area contributed by atoms with E-state index in [0.717, 1.165) is 12.8 Å². The summed E-state index contributed by atoms with van der Waals surface area (Å²) in [6, 6.07) is 3.64. The van der Waals surface area contributed by atoms with E-state index in [1.807, 2.05) is 0 Å². The molecule has 3 rings (SSSR count). The van der Waals surface area contributed by atoms with E-state index >= 15 is 0 Å². The molecule has 0 saturated heterocycles. The van der Waals surface area contributed by atoms with Gasteiger partial charge in [-0.1, -0.05) is 5.16 Å². The van der Waals surface area contributed by atoms with E-state index in [9.17, 15) is 8.42 Å². The number of halogens is 1. The second-order valence-corrected chi connectivity index (χ2v) is 7.28. The Balaban J connectivity index is 1.68. The van der Waals surface area contributed by atoms with Gasteiger partial charge >= 0.3 is 0 Å². The number of sulfonamides is 1. The molecule has 2 aromatic heterocycles. The number of furan rings is 1. The standard InChI is InChI=1S/C12H14BrN3O4S/c13-12-11(5-10(20-12)7-14-8-1-2-8)21(17,18)15-6-9-3-4-19-16-9/h3-5,8,14-15H,1-2,6-7H2. The summed E-state index contributed by atoms with van der Waals surface area (Å²) in [5.74, 6) is 0.579. The fourth-order valence-corrected chi connectivity index (χ4v) is 3.77. The molecule has 1 fully saturated rings. The summed E-state index contributed by atoms with van der Waals surface area (Å²) in [4.78, 5) is 0.0820. The van der Waals surface area contributed by atoms with Crippen molar-refractivity contribution in [1.82, 2.24) is 15.2 Å². The molecule has 1 saturated carbocycles. The third kappa shape index (κ3) is 3.73. The van der Waals surface area contributed by atoms with Gasteiger partial charge in [0.1, 0.15) is 16.9 Å². The molecule has 2 N–H and O–H groups in total. The van der Waals surface area contributed by atoms with Crippen LogP contribution in [0.15, 0.2) is 36.9 Å². The van der Waals surface area contributed by atoms with Crippen LogP contribution in [0.3, 0.4) is 0 Å². The molecule has 9 heteroatoms. The molecule has 21 heavy (non-hydrogen) atoms. The Hall–Kier alpha value is -1.16. The number of nitrogens with one attached hydrogen (secondary N) is 2. The zero-order valence-corrected chi connectivity index (χ0v) is 13.4. The second-order valence-electron chi connectivity index (χ2n) is 4.82. The Morgan fingerprint density at radius 1 is 1.38 bits per heavy atom. The molecular weight excluding hydrogens is 362 g/mol. The van der Waals surface area contributed by atoms with E-state index in [1.165, 1.54) is 12.3 Å². The summed E-state index contributed by atoms with van der Waals surface area (Å²) in [5.41, 5.74) is 0.508. The lowest BCUT2D eigenvalue weighted by Gasteiger charge is -2.02. The van der Waals surface area contributed by atoms with Gasteiger partial charge < -0.3 is 14.3 Å². The Labute approximate surface area is 130 Å². The lowest BCUT2D eigenvalue weighted by molar-refractivity contribution is 0.411. The smallest absolute Gasteiger partial charge is 0.245 e. The van der Waals surface area contributed by atoms with Crippen LogP contribution < -0.4 is 10.0 Å². The molecule has 1 aliphatic carbocycles. The topological polar surface area (TPSA) is 97.4 Å². The largest absolute Gasteiger partial charge is 0.452 e. The van der Waals surface area contributed by atoms with Gasteiger partial charge in [-0.25, -0.2) is 13.1 Å². The lowest BCUT2D eigenvalue weighted by atomic mass is 10.4. The fraction of sp³-hybridized carbons (Fsp3) is 0.417. The molecular formula is C12H14BrN3O4S. The molecule has 0 atom stereocenters. The third-order valence-electron chi connectivity index (χ3n) is 3.07. The minimum atomic E-state index is -3.67. The van der Waals surface area contributed by atoms with Crippen LogP contribution in [0.5, 0.6) is 0 Å². The molecule has 0 aliphatic heterocycles. The number of aromatic nitrogens is 1. The first kappa shape index (κ1) is 14.8. The fourth-order valence-electron chi connectivity index (χ4n) is 1.78. The molecule has 2 aromatic rings. The molecule has 0 spiro atoms. The molecule has 2 heterocycles. The van der Waals surface area contributed by atoms with Crippen molar-refractivity contribution in [3.05, 3.63) is 34.5 Å². The number of hydrogen-bond acceptors (Lipinski definition) is 6. The van der Waals surface area contributed by atoms with Gasteiger partial charge in [0.05, 0.1) is 18.8 Å². The van der Waals surface area contributed by atoms with Crippen molar-refractivity contribution in [2.45, 2.75) is 36.9 Å². The summed E-state index contributed by atoms with van der Waals surface area (Å²) in [6.07, 6.45) is 3.71. The highest BCUT2D eigenvalue weighted by atomic mass is 79.9. The highest BCUT2D eigenvalue weighted by molar-refractivity contribution is 9.10. The highest BCUT2D eigenvalue weighted by Crippen LogP contribution is 2.27. The maximum atomic E-state index is 12.2. The van der Waals surface area contributed by atoms with Crippen LogP contribution in [0.2, 0.25) is 0 Å². The van der Waals surface area contributed by atoms with Crippen LogP contribution in [0.4, 0.5) is 0 Å². The Morgan fingerprint density at radius 3 is 2.86 bits per heavy atom. The van der Waals surface area contributed by atoms with Gasteiger partial charge in [0, 0.05) is 18.2 Å². The van der Waals surface area contributed by atoms with Gasteiger partial charge in [0.25, 0.3) is 0 Å². The average Bonchev–Trinajstić information content (AvgIpc) is 2.97. The van der Waals surface area contributed by atoms with Crippen molar-refractivity contribution in [2.75, 3.05) is 0 Å². The molecule has 0 amide bonds. The summed E-state index contributed by atoms with van der Waals surface area (Å²) in [5, 5.41) is 6.92. The SMILES string of the molecule is O=S(=O)(NCc1ccon1)c1cc(CNC2CC2)oc1Br. The van der Waals surface area contributed by atoms with Crippen molar-refractivity contribution in [1.29, 1.82) is 0 Å². The van der Waals surface area contributed by atoms with Crippen molar-refractivity contribution >= 4 is 26.0 Å². The van der Waals surface area contributed by atoms with Crippen molar-refractivity contribution in [2.24, 2.45) is 0 Å². The molecule has 0 unspecified atom stereocenters. The summed E-state index contributed by atoms with van der Waals surface area (Å²) in [6.45, 7) is 0.578. The maximum absolute atomic E-state index is 12.2. The summed E-state index contributed by atoms with van der Waals surface area (Å²) >= 11 is 3.15. The van der Waals surface area contributed by atoms with Gasteiger partial charge in [0.15, 0.2) is 4.67 Å². The highest BCUT2D eigenvalue weighted by Gasteiger charge is 2.24. The van der Waals surface area contributed by atoms with E-state index in [0.29, 0.717) is 24.0 Å². The minimum Gasteiger partial charge on any atom is -0.452 e. The predicted molar refractivity (Wildman–Crippen MR) is 76.8 cm³/mol. The van der Waals surface area contributed by atoms with Gasteiger partial charge in [-0.2, -0.15) is 0 Å². The zero-order valence-electron chi connectivity index (χ0n) is 11.0. The van der Waals surface area contributed by atoms with E-state index in [-0.39, 0.29) is 16.1 Å². The van der Waals surface area contributed by atoms with Crippen molar-refractivity contribution in [3.63, 3.8) is 0 Å². The second kappa shape index (κ2) is 5.91. The van der Waals surface area contributed by atoms with E-state index in [4.69, 9.17) is 4.42 Å². The Morgan fingerprint density at radius 2 is 2.19 bits per heavy atom. The van der Waals surface area contributed by atoms with Gasteiger partial charge in [-0.15, -0.1) is 0 Å². The molecule has 0 radical (unpaired) electrons. The predicted octanol–water partition coefficient (Wildman–Crippen LogP) is 1.76. The van der Waals surface area contributed by atoms with Crippen molar-refractivity contribution < 1.29 is 17.4 Å². The van der Waals surface area contributed by atoms with Gasteiger partial charge in [-0.05, 0) is 28.8 Å². The zero-order chi connectivity index (χ0) is 14.9. The Bertz CT molecular complexity index is 707. The monoisotopic (exact) mass is 375 g/mol.